The molecule has 2 rings (SSSR count). The molecule has 0 aromatic heterocycles. The zero-order valence-electron chi connectivity index (χ0n) is 11.8. The molecule has 1 N–H and O–H groups in total. The van der Waals surface area contributed by atoms with Crippen LogP contribution in [0.3, 0.4) is 0 Å². The van der Waals surface area contributed by atoms with Crippen LogP contribution in [-0.2, 0) is 10.2 Å². The highest BCUT2D eigenvalue weighted by molar-refractivity contribution is 7.86. The lowest BCUT2D eigenvalue weighted by Gasteiger charge is -2.38. The van der Waals surface area contributed by atoms with Crippen molar-refractivity contribution in [1.29, 1.82) is 0 Å². The predicted octanol–water partition coefficient (Wildman–Crippen LogP) is 1.21. The zero-order chi connectivity index (χ0) is 13.2. The van der Waals surface area contributed by atoms with Crippen LogP contribution in [0.5, 0.6) is 0 Å². The van der Waals surface area contributed by atoms with Crippen molar-refractivity contribution < 1.29 is 8.42 Å². The van der Waals surface area contributed by atoms with Gasteiger partial charge in [0.2, 0.25) is 0 Å². The van der Waals surface area contributed by atoms with E-state index in [1.165, 1.54) is 0 Å². The molecule has 0 aliphatic carbocycles. The van der Waals surface area contributed by atoms with Gasteiger partial charge in [0.15, 0.2) is 0 Å². The number of nitrogens with one attached hydrogen (secondary N) is 1. The fourth-order valence-corrected chi connectivity index (χ4v) is 4.78. The Hall–Kier alpha value is 0.120. The second kappa shape index (κ2) is 7.22. The summed E-state index contributed by atoms with van der Waals surface area (Å²) in [4.78, 5) is 0. The number of rotatable bonds is 3. The Bertz CT molecular complexity index is 371. The number of hydrogen-bond acceptors (Lipinski definition) is 3. The van der Waals surface area contributed by atoms with Gasteiger partial charge in [0.1, 0.15) is 0 Å². The number of halogens is 1. The van der Waals surface area contributed by atoms with E-state index >= 15 is 0 Å². The van der Waals surface area contributed by atoms with Gasteiger partial charge in [0.05, 0.1) is 0 Å². The molecule has 7 heteroatoms. The summed E-state index contributed by atoms with van der Waals surface area (Å²) in [5, 5.41) is 3.27. The van der Waals surface area contributed by atoms with E-state index in [1.807, 2.05) is 6.92 Å². The molecule has 0 radical (unpaired) electrons. The minimum Gasteiger partial charge on any atom is -0.317 e. The largest absolute Gasteiger partial charge is 0.317 e. The van der Waals surface area contributed by atoms with Gasteiger partial charge in [0, 0.05) is 25.7 Å². The molecule has 0 amide bonds. The van der Waals surface area contributed by atoms with Crippen LogP contribution in [0.15, 0.2) is 0 Å². The second-order valence-electron chi connectivity index (χ2n) is 5.46. The summed E-state index contributed by atoms with van der Waals surface area (Å²) in [5.41, 5.74) is 0. The SMILES string of the molecule is CC1CCCCN1S(=O)(=O)N(C)C1CCNCC1.Cl. The monoisotopic (exact) mass is 311 g/mol. The van der Waals surface area contributed by atoms with Crippen LogP contribution in [0.1, 0.15) is 39.0 Å². The van der Waals surface area contributed by atoms with Crippen LogP contribution in [-0.4, -0.2) is 55.8 Å². The van der Waals surface area contributed by atoms with E-state index in [1.54, 1.807) is 15.7 Å². The van der Waals surface area contributed by atoms with Crippen LogP contribution in [0.4, 0.5) is 0 Å². The summed E-state index contributed by atoms with van der Waals surface area (Å²) in [6.07, 6.45) is 4.95. The van der Waals surface area contributed by atoms with E-state index in [0.29, 0.717) is 6.54 Å². The third kappa shape index (κ3) is 3.82. The molecule has 114 valence electrons. The highest BCUT2D eigenvalue weighted by atomic mass is 35.5. The Labute approximate surface area is 123 Å². The van der Waals surface area contributed by atoms with Crippen molar-refractivity contribution in [3.05, 3.63) is 0 Å². The van der Waals surface area contributed by atoms with Gasteiger partial charge in [-0.15, -0.1) is 12.4 Å². The maximum Gasteiger partial charge on any atom is 0.282 e. The molecule has 0 aromatic carbocycles. The van der Waals surface area contributed by atoms with Crippen molar-refractivity contribution in [2.24, 2.45) is 0 Å². The average molecular weight is 312 g/mol. The fraction of sp³-hybridized carbons (Fsp3) is 1.00. The predicted molar refractivity (Wildman–Crippen MR) is 79.8 cm³/mol. The Kier molecular flexibility index (Phi) is 6.53. The summed E-state index contributed by atoms with van der Waals surface area (Å²) < 4.78 is 28.6. The molecular weight excluding hydrogens is 286 g/mol. The second-order valence-corrected chi connectivity index (χ2v) is 7.40. The van der Waals surface area contributed by atoms with E-state index in [9.17, 15) is 8.42 Å². The molecular formula is C12H26ClN3O2S. The fourth-order valence-electron chi connectivity index (χ4n) is 2.94. The van der Waals surface area contributed by atoms with Gasteiger partial charge in [0.25, 0.3) is 10.2 Å². The molecule has 19 heavy (non-hydrogen) atoms. The lowest BCUT2D eigenvalue weighted by molar-refractivity contribution is 0.225. The molecule has 2 saturated heterocycles. The summed E-state index contributed by atoms with van der Waals surface area (Å²) in [7, 11) is -1.53. The van der Waals surface area contributed by atoms with Crippen molar-refractivity contribution >= 4 is 22.6 Å². The molecule has 0 aromatic rings. The minimum atomic E-state index is -3.27. The van der Waals surface area contributed by atoms with E-state index < -0.39 is 10.2 Å². The van der Waals surface area contributed by atoms with Crippen molar-refractivity contribution in [3.8, 4) is 0 Å². The summed E-state index contributed by atoms with van der Waals surface area (Å²) in [5.74, 6) is 0. The van der Waals surface area contributed by atoms with Gasteiger partial charge < -0.3 is 5.32 Å². The first-order chi connectivity index (χ1) is 8.53. The smallest absolute Gasteiger partial charge is 0.282 e. The van der Waals surface area contributed by atoms with Gasteiger partial charge in [-0.2, -0.15) is 17.0 Å². The first-order valence-corrected chi connectivity index (χ1v) is 8.38. The van der Waals surface area contributed by atoms with Crippen LogP contribution >= 0.6 is 12.4 Å². The van der Waals surface area contributed by atoms with E-state index in [-0.39, 0.29) is 24.5 Å². The minimum absolute atomic E-state index is 0. The van der Waals surface area contributed by atoms with E-state index in [0.717, 1.165) is 45.2 Å². The third-order valence-electron chi connectivity index (χ3n) is 4.23. The Morgan fingerprint density at radius 2 is 1.79 bits per heavy atom. The van der Waals surface area contributed by atoms with Gasteiger partial charge in [-0.1, -0.05) is 6.42 Å². The third-order valence-corrected chi connectivity index (χ3v) is 6.39. The maximum atomic E-state index is 12.6. The van der Waals surface area contributed by atoms with Gasteiger partial charge in [-0.3, -0.25) is 0 Å². The molecule has 1 atom stereocenters. The quantitative estimate of drug-likeness (QED) is 0.852. The zero-order valence-corrected chi connectivity index (χ0v) is 13.5. The molecule has 1 unspecified atom stereocenters. The lowest BCUT2D eigenvalue weighted by Crippen LogP contribution is -2.53. The summed E-state index contributed by atoms with van der Waals surface area (Å²) in [6.45, 7) is 4.53. The van der Waals surface area contributed by atoms with Gasteiger partial charge in [-0.05, 0) is 45.7 Å². The summed E-state index contributed by atoms with van der Waals surface area (Å²) in [6, 6.07) is 0.304. The van der Waals surface area contributed by atoms with Crippen molar-refractivity contribution in [1.82, 2.24) is 13.9 Å². The molecule has 0 saturated carbocycles. The van der Waals surface area contributed by atoms with Crippen molar-refractivity contribution in [2.75, 3.05) is 26.7 Å². The van der Waals surface area contributed by atoms with Gasteiger partial charge in [-0.25, -0.2) is 0 Å². The summed E-state index contributed by atoms with van der Waals surface area (Å²) >= 11 is 0. The number of hydrogen-bond donors (Lipinski definition) is 1. The molecule has 0 bridgehead atoms. The maximum absolute atomic E-state index is 12.6. The van der Waals surface area contributed by atoms with Crippen LogP contribution in [0, 0.1) is 0 Å². The van der Waals surface area contributed by atoms with Crippen molar-refractivity contribution in [3.63, 3.8) is 0 Å². The van der Waals surface area contributed by atoms with E-state index in [2.05, 4.69) is 5.32 Å². The van der Waals surface area contributed by atoms with Crippen LogP contribution < -0.4 is 5.32 Å². The average Bonchev–Trinajstić information content (AvgIpc) is 2.39. The van der Waals surface area contributed by atoms with Crippen LogP contribution in [0.2, 0.25) is 0 Å². The Morgan fingerprint density at radius 3 is 2.37 bits per heavy atom. The molecule has 5 nitrogen and oxygen atoms in total. The highest BCUT2D eigenvalue weighted by Gasteiger charge is 2.36. The first kappa shape index (κ1) is 17.2. The molecule has 2 heterocycles. The van der Waals surface area contributed by atoms with Crippen LogP contribution in [0.25, 0.3) is 0 Å². The molecule has 2 aliphatic rings. The topological polar surface area (TPSA) is 52.7 Å². The first-order valence-electron chi connectivity index (χ1n) is 6.99. The lowest BCUT2D eigenvalue weighted by atomic mass is 10.1. The Morgan fingerprint density at radius 1 is 1.16 bits per heavy atom. The van der Waals surface area contributed by atoms with E-state index in [4.69, 9.17) is 0 Å². The number of nitrogens with zero attached hydrogens (tertiary/aromatic N) is 2. The highest BCUT2D eigenvalue weighted by Crippen LogP contribution is 2.24. The van der Waals surface area contributed by atoms with Crippen molar-refractivity contribution in [2.45, 2.75) is 51.1 Å². The standard InChI is InChI=1S/C12H25N3O2S.ClH/c1-11-5-3-4-10-15(11)18(16,17)14(2)12-6-8-13-9-7-12;/h11-13H,3-10H2,1-2H3;1H. The van der Waals surface area contributed by atoms with Gasteiger partial charge >= 0.3 is 0 Å². The Balaban J connectivity index is 0.00000180. The molecule has 0 spiro atoms. The molecule has 2 fully saturated rings. The molecule has 2 aliphatic heterocycles. The normalized spacial score (nSPS) is 27.2. The number of piperidine rings is 2.